The average Bonchev–Trinajstić information content (AvgIpc) is 2.69. The van der Waals surface area contributed by atoms with Crippen molar-refractivity contribution in [3.05, 3.63) is 0 Å². The zero-order chi connectivity index (χ0) is 14.8. The van der Waals surface area contributed by atoms with Gasteiger partial charge in [-0.2, -0.15) is 0 Å². The first-order valence-corrected chi connectivity index (χ1v) is 9.18. The summed E-state index contributed by atoms with van der Waals surface area (Å²) in [6.07, 6.45) is 4.39. The van der Waals surface area contributed by atoms with E-state index in [0.717, 1.165) is 25.7 Å². The largest absolute Gasteiger partial charge is 0.377 e. The number of sulfone groups is 1. The zero-order valence-corrected chi connectivity index (χ0v) is 13.2. The van der Waals surface area contributed by atoms with Crippen LogP contribution in [-0.4, -0.2) is 55.5 Å². The van der Waals surface area contributed by atoms with E-state index in [-0.39, 0.29) is 12.0 Å². The van der Waals surface area contributed by atoms with E-state index in [1.165, 1.54) is 6.92 Å². The van der Waals surface area contributed by atoms with Gasteiger partial charge < -0.3 is 9.64 Å². The summed E-state index contributed by atoms with van der Waals surface area (Å²) in [5.41, 5.74) is 0. The molecule has 0 aromatic rings. The zero-order valence-electron chi connectivity index (χ0n) is 12.4. The van der Waals surface area contributed by atoms with Gasteiger partial charge in [0.05, 0.1) is 11.4 Å². The number of ether oxygens (including phenoxy) is 1. The summed E-state index contributed by atoms with van der Waals surface area (Å²) in [7, 11) is -3.46. The first kappa shape index (κ1) is 15.8. The van der Waals surface area contributed by atoms with Gasteiger partial charge in [-0.1, -0.05) is 12.8 Å². The summed E-state index contributed by atoms with van der Waals surface area (Å²) < 4.78 is 30.5. The molecular formula is C14H25NO4S. The van der Waals surface area contributed by atoms with Crippen molar-refractivity contribution in [2.45, 2.75) is 62.6 Å². The van der Waals surface area contributed by atoms with Crippen LogP contribution in [0.1, 0.15) is 46.0 Å². The molecule has 1 amide bonds. The number of hydrogen-bond donors (Lipinski definition) is 0. The lowest BCUT2D eigenvalue weighted by Crippen LogP contribution is -2.46. The van der Waals surface area contributed by atoms with Crippen molar-refractivity contribution in [1.29, 1.82) is 0 Å². The Bertz CT molecular complexity index is 440. The van der Waals surface area contributed by atoms with Gasteiger partial charge in [0.25, 0.3) is 0 Å². The van der Waals surface area contributed by atoms with Gasteiger partial charge in [0.15, 0.2) is 9.84 Å². The number of carbonyl (C=O) groups is 1. The molecule has 6 heteroatoms. The Morgan fingerprint density at radius 2 is 1.80 bits per heavy atom. The van der Waals surface area contributed by atoms with E-state index in [4.69, 9.17) is 4.74 Å². The lowest BCUT2D eigenvalue weighted by atomic mass is 10.2. The first-order chi connectivity index (χ1) is 9.44. The molecule has 20 heavy (non-hydrogen) atoms. The highest BCUT2D eigenvalue weighted by molar-refractivity contribution is 7.93. The second kappa shape index (κ2) is 6.43. The van der Waals surface area contributed by atoms with Gasteiger partial charge in [-0.15, -0.1) is 0 Å². The molecule has 2 aliphatic rings. The van der Waals surface area contributed by atoms with Crippen molar-refractivity contribution in [3.63, 3.8) is 0 Å². The van der Waals surface area contributed by atoms with Gasteiger partial charge in [-0.25, -0.2) is 8.42 Å². The summed E-state index contributed by atoms with van der Waals surface area (Å²) in [6.45, 7) is 5.16. The lowest BCUT2D eigenvalue weighted by molar-refractivity contribution is -0.130. The number of rotatable bonds is 3. The molecule has 2 rings (SSSR count). The van der Waals surface area contributed by atoms with Gasteiger partial charge in [0, 0.05) is 19.7 Å². The fourth-order valence-corrected chi connectivity index (χ4v) is 5.09. The molecule has 2 saturated heterocycles. The molecule has 0 aromatic carbocycles. The molecule has 0 aliphatic carbocycles. The highest BCUT2D eigenvalue weighted by Gasteiger charge is 2.42. The summed E-state index contributed by atoms with van der Waals surface area (Å²) >= 11 is 0. The van der Waals surface area contributed by atoms with Gasteiger partial charge in [0.2, 0.25) is 5.91 Å². The molecule has 2 fully saturated rings. The van der Waals surface area contributed by atoms with Crippen LogP contribution < -0.4 is 0 Å². The third kappa shape index (κ3) is 3.17. The Kier molecular flexibility index (Phi) is 5.07. The summed E-state index contributed by atoms with van der Waals surface area (Å²) in [5, 5.41) is -1.48. The van der Waals surface area contributed by atoms with E-state index in [2.05, 4.69) is 0 Å². The second-order valence-electron chi connectivity index (χ2n) is 5.87. The van der Waals surface area contributed by atoms with Crippen LogP contribution in [0.15, 0.2) is 0 Å². The van der Waals surface area contributed by atoms with Crippen LogP contribution >= 0.6 is 0 Å². The van der Waals surface area contributed by atoms with E-state index >= 15 is 0 Å². The van der Waals surface area contributed by atoms with Crippen LogP contribution in [0.2, 0.25) is 0 Å². The van der Waals surface area contributed by atoms with Crippen molar-refractivity contribution in [2.75, 3.05) is 19.7 Å². The van der Waals surface area contributed by atoms with Crippen molar-refractivity contribution in [2.24, 2.45) is 0 Å². The topological polar surface area (TPSA) is 63.7 Å². The molecule has 0 radical (unpaired) electrons. The van der Waals surface area contributed by atoms with Gasteiger partial charge >= 0.3 is 0 Å². The van der Waals surface area contributed by atoms with E-state index in [1.54, 1.807) is 11.8 Å². The Hall–Kier alpha value is -0.620. The predicted molar refractivity (Wildman–Crippen MR) is 77.2 cm³/mol. The van der Waals surface area contributed by atoms with Crippen LogP contribution in [0.4, 0.5) is 0 Å². The molecule has 2 aliphatic heterocycles. The predicted octanol–water partition coefficient (Wildman–Crippen LogP) is 1.37. The monoisotopic (exact) mass is 303 g/mol. The standard InChI is InChI=1S/C14H25NO4S/c1-11-13(7-10-19-11)20(17,18)12(2)14(16)15-8-5-3-4-6-9-15/h11-13H,3-10H2,1-2H3/t11-,12-,13+/m0/s1. The maximum absolute atomic E-state index is 12.6. The third-order valence-electron chi connectivity index (χ3n) is 4.49. The van der Waals surface area contributed by atoms with Crippen molar-refractivity contribution in [1.82, 2.24) is 4.90 Å². The minimum Gasteiger partial charge on any atom is -0.377 e. The molecule has 0 N–H and O–H groups in total. The molecule has 0 saturated carbocycles. The van der Waals surface area contributed by atoms with E-state index in [1.807, 2.05) is 0 Å². The van der Waals surface area contributed by atoms with Gasteiger partial charge in [0.1, 0.15) is 5.25 Å². The minimum atomic E-state index is -3.46. The number of hydrogen-bond acceptors (Lipinski definition) is 4. The van der Waals surface area contributed by atoms with Crippen molar-refractivity contribution >= 4 is 15.7 Å². The fourth-order valence-electron chi connectivity index (χ4n) is 3.09. The summed E-state index contributed by atoms with van der Waals surface area (Å²) in [4.78, 5) is 14.2. The smallest absolute Gasteiger partial charge is 0.240 e. The van der Waals surface area contributed by atoms with E-state index < -0.39 is 20.3 Å². The van der Waals surface area contributed by atoms with E-state index in [9.17, 15) is 13.2 Å². The Morgan fingerprint density at radius 1 is 1.20 bits per heavy atom. The quantitative estimate of drug-likeness (QED) is 0.790. The molecule has 0 spiro atoms. The first-order valence-electron chi connectivity index (χ1n) is 7.57. The van der Waals surface area contributed by atoms with Crippen LogP contribution in [0, 0.1) is 0 Å². The molecule has 5 nitrogen and oxygen atoms in total. The Balaban J connectivity index is 2.08. The number of carbonyl (C=O) groups excluding carboxylic acids is 1. The Morgan fingerprint density at radius 3 is 2.30 bits per heavy atom. The molecule has 116 valence electrons. The average molecular weight is 303 g/mol. The number of likely N-dealkylation sites (tertiary alicyclic amines) is 1. The Labute approximate surface area is 121 Å². The van der Waals surface area contributed by atoms with Crippen LogP contribution in [0.25, 0.3) is 0 Å². The second-order valence-corrected chi connectivity index (χ2v) is 8.36. The van der Waals surface area contributed by atoms with Crippen molar-refractivity contribution in [3.8, 4) is 0 Å². The lowest BCUT2D eigenvalue weighted by Gasteiger charge is -2.26. The minimum absolute atomic E-state index is 0.231. The number of amides is 1. The molecule has 0 bridgehead atoms. The van der Waals surface area contributed by atoms with Crippen LogP contribution in [0.3, 0.4) is 0 Å². The third-order valence-corrected chi connectivity index (χ3v) is 7.14. The summed E-state index contributed by atoms with van der Waals surface area (Å²) in [5.74, 6) is -0.231. The molecular weight excluding hydrogens is 278 g/mol. The van der Waals surface area contributed by atoms with Gasteiger partial charge in [-0.05, 0) is 33.1 Å². The van der Waals surface area contributed by atoms with E-state index in [0.29, 0.717) is 26.1 Å². The van der Waals surface area contributed by atoms with Crippen molar-refractivity contribution < 1.29 is 17.9 Å². The maximum atomic E-state index is 12.6. The fraction of sp³-hybridized carbons (Fsp3) is 0.929. The molecule has 0 unspecified atom stereocenters. The van der Waals surface area contributed by atoms with Crippen LogP contribution in [0.5, 0.6) is 0 Å². The maximum Gasteiger partial charge on any atom is 0.240 e. The SMILES string of the molecule is C[C@@H]1OCC[C@H]1S(=O)(=O)[C@@H](C)C(=O)N1CCCCCC1. The normalized spacial score (nSPS) is 30.0. The highest BCUT2D eigenvalue weighted by atomic mass is 32.2. The summed E-state index contributed by atoms with van der Waals surface area (Å²) in [6, 6.07) is 0. The number of nitrogens with zero attached hydrogens (tertiary/aromatic N) is 1. The molecule has 2 heterocycles. The molecule has 0 aromatic heterocycles. The molecule has 3 atom stereocenters. The highest BCUT2D eigenvalue weighted by Crippen LogP contribution is 2.25. The van der Waals surface area contributed by atoms with Gasteiger partial charge in [-0.3, -0.25) is 4.79 Å². The van der Waals surface area contributed by atoms with Crippen LogP contribution in [-0.2, 0) is 19.4 Å².